The van der Waals surface area contributed by atoms with E-state index in [0.29, 0.717) is 17.4 Å². The lowest BCUT2D eigenvalue weighted by Gasteiger charge is -2.52. The molecule has 0 heterocycles. The van der Waals surface area contributed by atoms with Gasteiger partial charge in [-0.15, -0.1) is 0 Å². The van der Waals surface area contributed by atoms with Crippen molar-refractivity contribution in [3.63, 3.8) is 0 Å². The zero-order valence-corrected chi connectivity index (χ0v) is 22.7. The summed E-state index contributed by atoms with van der Waals surface area (Å²) in [5.74, 6) is 4.20. The minimum Gasteiger partial charge on any atom is -0.544 e. The van der Waals surface area contributed by atoms with Crippen LogP contribution in [0.3, 0.4) is 0 Å². The smallest absolute Gasteiger partial charge is 0.242 e. The highest BCUT2D eigenvalue weighted by atomic mass is 28.4. The van der Waals surface area contributed by atoms with Gasteiger partial charge in [-0.1, -0.05) is 19.9 Å². The van der Waals surface area contributed by atoms with E-state index in [-0.39, 0.29) is 0 Å². The highest BCUT2D eigenvalue weighted by Crippen LogP contribution is 2.63. The predicted octanol–water partition coefficient (Wildman–Crippen LogP) is 7.93. The zero-order chi connectivity index (χ0) is 21.9. The molecule has 0 radical (unpaired) electrons. The lowest BCUT2D eigenvalue weighted by molar-refractivity contribution is -0.0168. The number of fused-ring (bicyclic) bond motifs is 5. The molecule has 6 atom stereocenters. The summed E-state index contributed by atoms with van der Waals surface area (Å²) in [6, 6.07) is 7.13. The Morgan fingerprint density at radius 2 is 1.70 bits per heavy atom. The third-order valence-electron chi connectivity index (χ3n) is 8.22. The van der Waals surface area contributed by atoms with Gasteiger partial charge >= 0.3 is 0 Å². The summed E-state index contributed by atoms with van der Waals surface area (Å²) < 4.78 is 13.1. The van der Waals surface area contributed by atoms with Gasteiger partial charge < -0.3 is 8.85 Å². The predicted molar refractivity (Wildman–Crippen MR) is 133 cm³/mol. The Kier molecular flexibility index (Phi) is 5.86. The van der Waals surface area contributed by atoms with Gasteiger partial charge in [-0.25, -0.2) is 0 Å². The molecule has 2 saturated carbocycles. The van der Waals surface area contributed by atoms with E-state index in [2.05, 4.69) is 71.3 Å². The summed E-state index contributed by atoms with van der Waals surface area (Å²) in [6.45, 7) is 18.9. The fourth-order valence-electron chi connectivity index (χ4n) is 7.08. The first-order valence-electron chi connectivity index (χ1n) is 12.4. The second-order valence-corrected chi connectivity index (χ2v) is 21.5. The maximum atomic E-state index is 6.76. The van der Waals surface area contributed by atoms with Crippen LogP contribution in [0.5, 0.6) is 5.75 Å². The van der Waals surface area contributed by atoms with Crippen molar-refractivity contribution in [3.05, 3.63) is 29.3 Å². The molecular weight excluding hydrogens is 400 g/mol. The Labute approximate surface area is 187 Å². The van der Waals surface area contributed by atoms with Gasteiger partial charge in [0.25, 0.3) is 0 Å². The normalized spacial score (nSPS) is 36.1. The topological polar surface area (TPSA) is 18.5 Å². The maximum Gasteiger partial charge on any atom is 0.242 e. The van der Waals surface area contributed by atoms with E-state index in [1.54, 1.807) is 11.1 Å². The summed E-state index contributed by atoms with van der Waals surface area (Å²) in [4.78, 5) is 0. The number of benzene rings is 1. The molecule has 30 heavy (non-hydrogen) atoms. The van der Waals surface area contributed by atoms with E-state index in [1.165, 1.54) is 38.5 Å². The third-order valence-corrected chi connectivity index (χ3v) is 10.1. The molecule has 0 N–H and O–H groups in total. The monoisotopic (exact) mass is 444 g/mol. The van der Waals surface area contributed by atoms with Gasteiger partial charge in [0.1, 0.15) is 5.75 Å². The molecule has 0 spiro atoms. The van der Waals surface area contributed by atoms with E-state index in [0.717, 1.165) is 23.5 Å². The Balaban J connectivity index is 1.63. The van der Waals surface area contributed by atoms with Crippen LogP contribution in [0.15, 0.2) is 18.2 Å². The van der Waals surface area contributed by atoms with Crippen LogP contribution in [-0.2, 0) is 4.43 Å². The molecule has 0 amide bonds. The molecule has 0 aliphatic heterocycles. The summed E-state index contributed by atoms with van der Waals surface area (Å²) in [6.07, 6.45) is 8.41. The van der Waals surface area contributed by atoms with Crippen molar-refractivity contribution in [1.82, 2.24) is 0 Å². The van der Waals surface area contributed by atoms with Crippen molar-refractivity contribution in [2.45, 2.75) is 110 Å². The van der Waals surface area contributed by atoms with Gasteiger partial charge in [-0.3, -0.25) is 0 Å². The van der Waals surface area contributed by atoms with Crippen molar-refractivity contribution < 1.29 is 8.85 Å². The minimum atomic E-state index is -1.58. The van der Waals surface area contributed by atoms with E-state index >= 15 is 0 Å². The first-order chi connectivity index (χ1) is 13.9. The van der Waals surface area contributed by atoms with E-state index in [9.17, 15) is 0 Å². The van der Waals surface area contributed by atoms with Crippen LogP contribution in [-0.4, -0.2) is 22.7 Å². The molecule has 3 aliphatic carbocycles. The van der Waals surface area contributed by atoms with Gasteiger partial charge in [0.15, 0.2) is 8.32 Å². The van der Waals surface area contributed by atoms with Crippen molar-refractivity contribution in [2.24, 2.45) is 17.3 Å². The Bertz CT molecular complexity index is 778. The molecule has 3 aliphatic rings. The Morgan fingerprint density at radius 1 is 0.967 bits per heavy atom. The molecule has 1 aromatic carbocycles. The Hall–Kier alpha value is -0.586. The molecule has 4 heteroatoms. The standard InChI is InChI=1S/C26H44O2Si2/c1-9-18-16-23-21(20-11-10-19(17-22(18)20)27-29(3,4)5)14-15-26(2)24(23)12-13-25(26)28-30(6,7)8/h10-11,17-18,21,23-25H,9,12-16H2,1-8H3/t18-,21-,23-,24+,25+,26+/m1/s1. The average molecular weight is 445 g/mol. The molecule has 168 valence electrons. The summed E-state index contributed by atoms with van der Waals surface area (Å²) >= 11 is 0. The van der Waals surface area contributed by atoms with Crippen LogP contribution in [0.2, 0.25) is 39.3 Å². The molecule has 0 aromatic heterocycles. The fraction of sp³-hybridized carbons (Fsp3) is 0.769. The highest BCUT2D eigenvalue weighted by Gasteiger charge is 2.56. The lowest BCUT2D eigenvalue weighted by Crippen LogP contribution is -2.47. The highest BCUT2D eigenvalue weighted by molar-refractivity contribution is 6.70. The molecule has 2 nitrogen and oxygen atoms in total. The van der Waals surface area contributed by atoms with Gasteiger partial charge in [-0.2, -0.15) is 0 Å². The second-order valence-electron chi connectivity index (χ2n) is 12.6. The van der Waals surface area contributed by atoms with Crippen LogP contribution >= 0.6 is 0 Å². The van der Waals surface area contributed by atoms with Crippen LogP contribution in [0, 0.1) is 17.3 Å². The van der Waals surface area contributed by atoms with E-state index in [1.807, 2.05) is 0 Å². The van der Waals surface area contributed by atoms with Crippen LogP contribution in [0.1, 0.15) is 75.3 Å². The summed E-state index contributed by atoms with van der Waals surface area (Å²) in [7, 11) is -3.08. The summed E-state index contributed by atoms with van der Waals surface area (Å²) in [5.41, 5.74) is 3.64. The number of hydrogen-bond acceptors (Lipinski definition) is 2. The van der Waals surface area contributed by atoms with E-state index < -0.39 is 16.6 Å². The lowest BCUT2D eigenvalue weighted by atomic mass is 9.54. The SMILES string of the molecule is CC[C@@H]1C[C@@H]2[C@H](CC[C@]3(C)[C@@H](O[Si](C)(C)C)CC[C@@H]23)c2ccc(O[Si](C)(C)C)cc21. The quantitative estimate of drug-likeness (QED) is 0.429. The van der Waals surface area contributed by atoms with Crippen molar-refractivity contribution in [2.75, 3.05) is 0 Å². The maximum absolute atomic E-state index is 6.76. The van der Waals surface area contributed by atoms with Gasteiger partial charge in [0.2, 0.25) is 8.32 Å². The molecule has 0 bridgehead atoms. The number of hydrogen-bond donors (Lipinski definition) is 0. The molecule has 2 fully saturated rings. The summed E-state index contributed by atoms with van der Waals surface area (Å²) in [5, 5.41) is 0. The fourth-order valence-corrected chi connectivity index (χ4v) is 9.15. The zero-order valence-electron chi connectivity index (χ0n) is 20.7. The van der Waals surface area contributed by atoms with Gasteiger partial charge in [0.05, 0.1) is 6.10 Å². The minimum absolute atomic E-state index is 0.387. The average Bonchev–Trinajstić information content (AvgIpc) is 2.94. The van der Waals surface area contributed by atoms with Crippen molar-refractivity contribution in [1.29, 1.82) is 0 Å². The molecular formula is C26H44O2Si2. The Morgan fingerprint density at radius 3 is 2.33 bits per heavy atom. The van der Waals surface area contributed by atoms with Crippen molar-refractivity contribution >= 4 is 16.6 Å². The molecule has 0 saturated heterocycles. The van der Waals surface area contributed by atoms with E-state index in [4.69, 9.17) is 8.85 Å². The first kappa shape index (κ1) is 22.6. The van der Waals surface area contributed by atoms with Crippen LogP contribution < -0.4 is 4.43 Å². The van der Waals surface area contributed by atoms with Crippen LogP contribution in [0.4, 0.5) is 0 Å². The van der Waals surface area contributed by atoms with Gasteiger partial charge in [0, 0.05) is 0 Å². The first-order valence-corrected chi connectivity index (χ1v) is 19.2. The largest absolute Gasteiger partial charge is 0.544 e. The van der Waals surface area contributed by atoms with Gasteiger partial charge in [-0.05, 0) is 130 Å². The molecule has 1 aromatic rings. The molecule has 4 rings (SSSR count). The molecule has 0 unspecified atom stereocenters. The van der Waals surface area contributed by atoms with Crippen molar-refractivity contribution in [3.8, 4) is 5.75 Å². The second kappa shape index (κ2) is 7.77. The van der Waals surface area contributed by atoms with Crippen LogP contribution in [0.25, 0.3) is 0 Å². The number of rotatable bonds is 5. The third kappa shape index (κ3) is 4.21.